The van der Waals surface area contributed by atoms with E-state index in [0.717, 1.165) is 36.1 Å². The van der Waals surface area contributed by atoms with Crippen LogP contribution in [0.15, 0.2) is 18.2 Å². The standard InChI is InChI=1S/C14H17NO2/c1-2-4-14(17)15-11-7-8-12-10(9-11)5-3-6-13(12)16/h7-9H,2-6H2,1H3,(H,15,17). The summed E-state index contributed by atoms with van der Waals surface area (Å²) in [5, 5.41) is 2.86. The number of amides is 1. The van der Waals surface area contributed by atoms with Crippen LogP contribution in [-0.2, 0) is 11.2 Å². The second-order valence-corrected chi connectivity index (χ2v) is 4.45. The van der Waals surface area contributed by atoms with E-state index in [1.807, 2.05) is 25.1 Å². The first-order chi connectivity index (χ1) is 8.20. The van der Waals surface area contributed by atoms with Crippen LogP contribution in [0.1, 0.15) is 48.5 Å². The zero-order valence-corrected chi connectivity index (χ0v) is 10.1. The number of anilines is 1. The van der Waals surface area contributed by atoms with Gasteiger partial charge in [-0.15, -0.1) is 0 Å². The predicted molar refractivity (Wildman–Crippen MR) is 67.2 cm³/mol. The normalized spacial score (nSPS) is 14.3. The van der Waals surface area contributed by atoms with Gasteiger partial charge in [0.2, 0.25) is 5.91 Å². The molecule has 3 nitrogen and oxygen atoms in total. The fraction of sp³-hybridized carbons (Fsp3) is 0.429. The van der Waals surface area contributed by atoms with E-state index >= 15 is 0 Å². The second-order valence-electron chi connectivity index (χ2n) is 4.45. The zero-order valence-electron chi connectivity index (χ0n) is 10.1. The Morgan fingerprint density at radius 2 is 2.18 bits per heavy atom. The average molecular weight is 231 g/mol. The van der Waals surface area contributed by atoms with Gasteiger partial charge in [0, 0.05) is 24.1 Å². The van der Waals surface area contributed by atoms with Crippen molar-refractivity contribution < 1.29 is 9.59 Å². The molecule has 0 saturated carbocycles. The van der Waals surface area contributed by atoms with Crippen LogP contribution < -0.4 is 5.32 Å². The molecule has 0 saturated heterocycles. The smallest absolute Gasteiger partial charge is 0.224 e. The molecule has 90 valence electrons. The van der Waals surface area contributed by atoms with Gasteiger partial charge in [-0.2, -0.15) is 0 Å². The molecule has 0 heterocycles. The maximum atomic E-state index is 11.6. The number of fused-ring (bicyclic) bond motifs is 1. The topological polar surface area (TPSA) is 46.2 Å². The van der Waals surface area contributed by atoms with Crippen LogP contribution >= 0.6 is 0 Å². The van der Waals surface area contributed by atoms with E-state index in [9.17, 15) is 9.59 Å². The lowest BCUT2D eigenvalue weighted by atomic mass is 9.90. The number of ketones is 1. The minimum Gasteiger partial charge on any atom is -0.326 e. The lowest BCUT2D eigenvalue weighted by Crippen LogP contribution is -2.14. The lowest BCUT2D eigenvalue weighted by molar-refractivity contribution is -0.116. The molecule has 0 unspecified atom stereocenters. The summed E-state index contributed by atoms with van der Waals surface area (Å²) in [5.41, 5.74) is 2.69. The molecule has 1 aliphatic carbocycles. The van der Waals surface area contributed by atoms with Crippen molar-refractivity contribution in [2.45, 2.75) is 39.0 Å². The molecule has 0 atom stereocenters. The number of Topliss-reactive ketones (excluding diaryl/α,β-unsaturated/α-hetero) is 1. The zero-order chi connectivity index (χ0) is 12.3. The summed E-state index contributed by atoms with van der Waals surface area (Å²) in [6, 6.07) is 5.58. The van der Waals surface area contributed by atoms with Crippen LogP contribution in [-0.4, -0.2) is 11.7 Å². The van der Waals surface area contributed by atoms with E-state index in [4.69, 9.17) is 0 Å². The SMILES string of the molecule is CCCC(=O)Nc1ccc2c(c1)CCCC2=O. The Balaban J connectivity index is 2.16. The van der Waals surface area contributed by atoms with Crippen LogP contribution in [0.4, 0.5) is 5.69 Å². The third-order valence-electron chi connectivity index (χ3n) is 3.02. The van der Waals surface area contributed by atoms with Gasteiger partial charge in [-0.3, -0.25) is 9.59 Å². The average Bonchev–Trinajstić information content (AvgIpc) is 2.29. The molecule has 0 bridgehead atoms. The molecule has 1 aromatic carbocycles. The summed E-state index contributed by atoms with van der Waals surface area (Å²) in [4.78, 5) is 23.1. The van der Waals surface area contributed by atoms with Crippen molar-refractivity contribution in [3.8, 4) is 0 Å². The molecule has 2 rings (SSSR count). The molecule has 0 spiro atoms. The molecular weight excluding hydrogens is 214 g/mol. The third-order valence-corrected chi connectivity index (χ3v) is 3.02. The van der Waals surface area contributed by atoms with Gasteiger partial charge in [-0.05, 0) is 43.0 Å². The monoisotopic (exact) mass is 231 g/mol. The molecule has 1 aliphatic rings. The molecule has 17 heavy (non-hydrogen) atoms. The molecule has 1 aromatic rings. The Morgan fingerprint density at radius 1 is 1.35 bits per heavy atom. The largest absolute Gasteiger partial charge is 0.326 e. The number of aryl methyl sites for hydroxylation is 1. The number of nitrogens with one attached hydrogen (secondary N) is 1. The molecule has 0 fully saturated rings. The van der Waals surface area contributed by atoms with Gasteiger partial charge in [0.05, 0.1) is 0 Å². The maximum Gasteiger partial charge on any atom is 0.224 e. The first-order valence-electron chi connectivity index (χ1n) is 6.16. The number of carbonyl (C=O) groups is 2. The highest BCUT2D eigenvalue weighted by molar-refractivity contribution is 5.99. The highest BCUT2D eigenvalue weighted by Crippen LogP contribution is 2.24. The summed E-state index contributed by atoms with van der Waals surface area (Å²) >= 11 is 0. The Hall–Kier alpha value is -1.64. The fourth-order valence-electron chi connectivity index (χ4n) is 2.17. The molecule has 0 aromatic heterocycles. The van der Waals surface area contributed by atoms with Crippen molar-refractivity contribution in [2.75, 3.05) is 5.32 Å². The van der Waals surface area contributed by atoms with Crippen molar-refractivity contribution >= 4 is 17.4 Å². The first kappa shape index (κ1) is 11.8. The van der Waals surface area contributed by atoms with Gasteiger partial charge in [-0.1, -0.05) is 6.92 Å². The maximum absolute atomic E-state index is 11.6. The summed E-state index contributed by atoms with van der Waals surface area (Å²) in [7, 11) is 0. The number of hydrogen-bond donors (Lipinski definition) is 1. The first-order valence-corrected chi connectivity index (χ1v) is 6.16. The molecular formula is C14H17NO2. The van der Waals surface area contributed by atoms with Crippen molar-refractivity contribution in [3.63, 3.8) is 0 Å². The highest BCUT2D eigenvalue weighted by Gasteiger charge is 2.17. The van der Waals surface area contributed by atoms with E-state index in [2.05, 4.69) is 5.32 Å². The van der Waals surface area contributed by atoms with Gasteiger partial charge in [0.15, 0.2) is 5.78 Å². The molecule has 1 N–H and O–H groups in total. The van der Waals surface area contributed by atoms with Crippen LogP contribution in [0.3, 0.4) is 0 Å². The third kappa shape index (κ3) is 2.73. The van der Waals surface area contributed by atoms with Crippen LogP contribution in [0.2, 0.25) is 0 Å². The summed E-state index contributed by atoms with van der Waals surface area (Å²) in [5.74, 6) is 0.257. The van der Waals surface area contributed by atoms with E-state index in [-0.39, 0.29) is 11.7 Å². The van der Waals surface area contributed by atoms with Crippen molar-refractivity contribution in [1.29, 1.82) is 0 Å². The Kier molecular flexibility index (Phi) is 3.57. The minimum absolute atomic E-state index is 0.0367. The quantitative estimate of drug-likeness (QED) is 0.869. The number of carbonyl (C=O) groups excluding carboxylic acids is 2. The molecule has 3 heteroatoms. The Morgan fingerprint density at radius 3 is 2.94 bits per heavy atom. The van der Waals surface area contributed by atoms with E-state index in [0.29, 0.717) is 12.8 Å². The van der Waals surface area contributed by atoms with E-state index < -0.39 is 0 Å². The minimum atomic E-state index is 0.0367. The van der Waals surface area contributed by atoms with Gasteiger partial charge in [-0.25, -0.2) is 0 Å². The molecule has 0 radical (unpaired) electrons. The van der Waals surface area contributed by atoms with Gasteiger partial charge >= 0.3 is 0 Å². The second kappa shape index (κ2) is 5.13. The van der Waals surface area contributed by atoms with Crippen LogP contribution in [0, 0.1) is 0 Å². The molecule has 1 amide bonds. The lowest BCUT2D eigenvalue weighted by Gasteiger charge is -2.15. The Bertz CT molecular complexity index is 452. The van der Waals surface area contributed by atoms with Crippen LogP contribution in [0.5, 0.6) is 0 Å². The van der Waals surface area contributed by atoms with Gasteiger partial charge < -0.3 is 5.32 Å². The van der Waals surface area contributed by atoms with Crippen molar-refractivity contribution in [2.24, 2.45) is 0 Å². The van der Waals surface area contributed by atoms with Crippen molar-refractivity contribution in [3.05, 3.63) is 29.3 Å². The predicted octanol–water partition coefficient (Wildman–Crippen LogP) is 2.94. The summed E-state index contributed by atoms with van der Waals surface area (Å²) in [6.07, 6.45) is 3.87. The van der Waals surface area contributed by atoms with Crippen molar-refractivity contribution in [1.82, 2.24) is 0 Å². The van der Waals surface area contributed by atoms with Gasteiger partial charge in [0.25, 0.3) is 0 Å². The van der Waals surface area contributed by atoms with E-state index in [1.165, 1.54) is 0 Å². The summed E-state index contributed by atoms with van der Waals surface area (Å²) < 4.78 is 0. The van der Waals surface area contributed by atoms with E-state index in [1.54, 1.807) is 0 Å². The fourth-order valence-corrected chi connectivity index (χ4v) is 2.17. The number of hydrogen-bond acceptors (Lipinski definition) is 2. The van der Waals surface area contributed by atoms with Crippen LogP contribution in [0.25, 0.3) is 0 Å². The molecule has 0 aliphatic heterocycles. The number of rotatable bonds is 3. The highest BCUT2D eigenvalue weighted by atomic mass is 16.1. The number of benzene rings is 1. The summed E-state index contributed by atoms with van der Waals surface area (Å²) in [6.45, 7) is 1.98. The van der Waals surface area contributed by atoms with Gasteiger partial charge in [0.1, 0.15) is 0 Å². The Labute approximate surface area is 101 Å².